The summed E-state index contributed by atoms with van der Waals surface area (Å²) in [6, 6.07) is 14.3. The Labute approximate surface area is 215 Å². The van der Waals surface area contributed by atoms with E-state index in [4.69, 9.17) is 14.2 Å². The van der Waals surface area contributed by atoms with Crippen LogP contribution >= 0.6 is 24.0 Å². The number of benzene rings is 2. The number of nitrogens with one attached hydrogen (secondary N) is 2. The highest BCUT2D eigenvalue weighted by atomic mass is 127. The minimum Gasteiger partial charge on any atom is -0.492 e. The first-order valence-corrected chi connectivity index (χ1v) is 11.1. The molecular formula is C25H39IN4O3. The number of rotatable bonds is 13. The van der Waals surface area contributed by atoms with Crippen LogP contribution in [0, 0.1) is 6.92 Å². The molecule has 184 valence electrons. The van der Waals surface area contributed by atoms with Crippen molar-refractivity contribution in [2.45, 2.75) is 26.9 Å². The Morgan fingerprint density at radius 1 is 0.970 bits per heavy atom. The fourth-order valence-electron chi connectivity index (χ4n) is 2.97. The van der Waals surface area contributed by atoms with Crippen molar-refractivity contribution in [3.63, 3.8) is 0 Å². The van der Waals surface area contributed by atoms with Crippen LogP contribution in [0.3, 0.4) is 0 Å². The van der Waals surface area contributed by atoms with E-state index in [2.05, 4.69) is 57.8 Å². The maximum absolute atomic E-state index is 5.93. The molecule has 33 heavy (non-hydrogen) atoms. The molecule has 0 unspecified atom stereocenters. The van der Waals surface area contributed by atoms with E-state index in [0.29, 0.717) is 39.5 Å². The maximum atomic E-state index is 5.93. The van der Waals surface area contributed by atoms with Gasteiger partial charge in [-0.15, -0.1) is 24.0 Å². The highest BCUT2D eigenvalue weighted by Crippen LogP contribution is 2.20. The van der Waals surface area contributed by atoms with E-state index < -0.39 is 0 Å². The number of nitrogens with zero attached hydrogens (tertiary/aromatic N) is 2. The lowest BCUT2D eigenvalue weighted by atomic mass is 10.1. The lowest BCUT2D eigenvalue weighted by molar-refractivity contribution is 0.110. The largest absolute Gasteiger partial charge is 0.492 e. The summed E-state index contributed by atoms with van der Waals surface area (Å²) < 4.78 is 17.1. The fourth-order valence-corrected chi connectivity index (χ4v) is 2.97. The van der Waals surface area contributed by atoms with E-state index in [0.717, 1.165) is 40.7 Å². The second kappa shape index (κ2) is 16.6. The lowest BCUT2D eigenvalue weighted by Gasteiger charge is -2.16. The Bertz CT molecular complexity index is 846. The number of halogens is 1. The Kier molecular flexibility index (Phi) is 14.5. The molecule has 0 aliphatic rings. The molecule has 0 spiro atoms. The average molecular weight is 571 g/mol. The molecule has 0 aromatic heterocycles. The summed E-state index contributed by atoms with van der Waals surface area (Å²) in [5.74, 6) is 2.47. The van der Waals surface area contributed by atoms with Crippen LogP contribution in [0.15, 0.2) is 47.5 Å². The van der Waals surface area contributed by atoms with E-state index in [9.17, 15) is 0 Å². The quantitative estimate of drug-likeness (QED) is 0.165. The standard InChI is InChI=1S/C25H38N4O3.HI/c1-6-30-14-15-32-24-16-20(2)10-11-22(24)19-28-25(26-3)27-18-21-8-7-9-23(17-21)31-13-12-29(4)5;/h7-11,16-17H,6,12-15,18-19H2,1-5H3,(H2,26,27,28);1H. The van der Waals surface area contributed by atoms with Gasteiger partial charge in [-0.2, -0.15) is 0 Å². The molecule has 8 heteroatoms. The van der Waals surface area contributed by atoms with Gasteiger partial charge in [-0.3, -0.25) is 4.99 Å². The molecular weight excluding hydrogens is 531 g/mol. The molecule has 2 N–H and O–H groups in total. The summed E-state index contributed by atoms with van der Waals surface area (Å²) in [4.78, 5) is 6.44. The molecule has 0 radical (unpaired) electrons. The zero-order valence-corrected chi connectivity index (χ0v) is 22.8. The molecule has 0 saturated carbocycles. The van der Waals surface area contributed by atoms with Crippen LogP contribution in [-0.2, 0) is 17.8 Å². The van der Waals surface area contributed by atoms with Crippen LogP contribution in [-0.4, -0.2) is 65.0 Å². The van der Waals surface area contributed by atoms with Gasteiger partial charge in [0.05, 0.1) is 6.61 Å². The van der Waals surface area contributed by atoms with Gasteiger partial charge in [0.1, 0.15) is 24.7 Å². The van der Waals surface area contributed by atoms with Gasteiger partial charge in [0.2, 0.25) is 0 Å². The summed E-state index contributed by atoms with van der Waals surface area (Å²) in [5, 5.41) is 6.73. The summed E-state index contributed by atoms with van der Waals surface area (Å²) in [6.07, 6.45) is 0. The second-order valence-electron chi connectivity index (χ2n) is 7.74. The topological polar surface area (TPSA) is 67.3 Å². The van der Waals surface area contributed by atoms with Gasteiger partial charge in [0.25, 0.3) is 0 Å². The molecule has 0 atom stereocenters. The van der Waals surface area contributed by atoms with Crippen LogP contribution in [0.25, 0.3) is 0 Å². The van der Waals surface area contributed by atoms with E-state index in [-0.39, 0.29) is 24.0 Å². The van der Waals surface area contributed by atoms with E-state index in [1.54, 1.807) is 7.05 Å². The van der Waals surface area contributed by atoms with Gasteiger partial charge in [-0.05, 0) is 57.3 Å². The lowest BCUT2D eigenvalue weighted by Crippen LogP contribution is -2.36. The number of aryl methyl sites for hydroxylation is 1. The number of ether oxygens (including phenoxy) is 3. The number of likely N-dealkylation sites (N-methyl/N-ethyl adjacent to an activating group) is 1. The van der Waals surface area contributed by atoms with Crippen molar-refractivity contribution in [3.05, 3.63) is 59.2 Å². The third-order valence-electron chi connectivity index (χ3n) is 4.75. The molecule has 0 aliphatic carbocycles. The van der Waals surface area contributed by atoms with Crippen LogP contribution in [0.1, 0.15) is 23.6 Å². The first-order chi connectivity index (χ1) is 15.5. The van der Waals surface area contributed by atoms with Gasteiger partial charge < -0.3 is 29.7 Å². The Morgan fingerprint density at radius 2 is 1.76 bits per heavy atom. The van der Waals surface area contributed by atoms with Crippen molar-refractivity contribution in [1.29, 1.82) is 0 Å². The maximum Gasteiger partial charge on any atom is 0.191 e. The first-order valence-electron chi connectivity index (χ1n) is 11.1. The van der Waals surface area contributed by atoms with Gasteiger partial charge in [-0.1, -0.05) is 24.3 Å². The first kappa shape index (κ1) is 29.0. The molecule has 0 fully saturated rings. The minimum atomic E-state index is 0. The van der Waals surface area contributed by atoms with Crippen LogP contribution in [0.2, 0.25) is 0 Å². The highest BCUT2D eigenvalue weighted by Gasteiger charge is 2.07. The van der Waals surface area contributed by atoms with Crippen molar-refractivity contribution in [1.82, 2.24) is 15.5 Å². The van der Waals surface area contributed by atoms with Crippen molar-refractivity contribution >= 4 is 29.9 Å². The third-order valence-corrected chi connectivity index (χ3v) is 4.75. The van der Waals surface area contributed by atoms with Crippen molar-refractivity contribution in [3.8, 4) is 11.5 Å². The SMILES string of the molecule is CCOCCOc1cc(C)ccc1CNC(=NC)NCc1cccc(OCCN(C)C)c1.I. The van der Waals surface area contributed by atoms with Gasteiger partial charge in [0.15, 0.2) is 5.96 Å². The van der Waals surface area contributed by atoms with Gasteiger partial charge in [-0.25, -0.2) is 0 Å². The van der Waals surface area contributed by atoms with Crippen LogP contribution in [0.4, 0.5) is 0 Å². The number of aliphatic imine (C=N–C) groups is 1. The van der Waals surface area contributed by atoms with Crippen LogP contribution in [0.5, 0.6) is 11.5 Å². The van der Waals surface area contributed by atoms with Crippen molar-refractivity contribution < 1.29 is 14.2 Å². The molecule has 0 heterocycles. The molecule has 2 aromatic carbocycles. The van der Waals surface area contributed by atoms with E-state index in [1.165, 1.54) is 0 Å². The average Bonchev–Trinajstić information content (AvgIpc) is 2.78. The fraction of sp³-hybridized carbons (Fsp3) is 0.480. The van der Waals surface area contributed by atoms with Gasteiger partial charge in [0, 0.05) is 38.9 Å². The van der Waals surface area contributed by atoms with Crippen molar-refractivity contribution in [2.24, 2.45) is 4.99 Å². The predicted octanol–water partition coefficient (Wildman–Crippen LogP) is 3.83. The van der Waals surface area contributed by atoms with Crippen LogP contribution < -0.4 is 20.1 Å². The molecule has 0 aliphatic heterocycles. The molecule has 7 nitrogen and oxygen atoms in total. The Morgan fingerprint density at radius 3 is 2.48 bits per heavy atom. The zero-order chi connectivity index (χ0) is 23.2. The molecule has 0 saturated heterocycles. The number of guanidine groups is 1. The summed E-state index contributed by atoms with van der Waals surface area (Å²) >= 11 is 0. The smallest absolute Gasteiger partial charge is 0.191 e. The molecule has 0 amide bonds. The highest BCUT2D eigenvalue weighted by molar-refractivity contribution is 14.0. The monoisotopic (exact) mass is 570 g/mol. The molecule has 2 rings (SSSR count). The summed E-state index contributed by atoms with van der Waals surface area (Å²) in [7, 11) is 5.84. The number of hydrogen-bond acceptors (Lipinski definition) is 5. The summed E-state index contributed by atoms with van der Waals surface area (Å²) in [5.41, 5.74) is 3.37. The molecule has 0 bridgehead atoms. The van der Waals surface area contributed by atoms with E-state index >= 15 is 0 Å². The number of hydrogen-bond donors (Lipinski definition) is 2. The normalized spacial score (nSPS) is 11.2. The third kappa shape index (κ3) is 11.6. The minimum absolute atomic E-state index is 0. The van der Waals surface area contributed by atoms with Crippen molar-refractivity contribution in [2.75, 3.05) is 54.1 Å². The van der Waals surface area contributed by atoms with E-state index in [1.807, 2.05) is 33.2 Å². The second-order valence-corrected chi connectivity index (χ2v) is 7.74. The Balaban J connectivity index is 0.00000544. The molecule has 2 aromatic rings. The predicted molar refractivity (Wildman–Crippen MR) is 146 cm³/mol. The Hall–Kier alpha value is -2.04. The van der Waals surface area contributed by atoms with Gasteiger partial charge >= 0.3 is 0 Å². The summed E-state index contributed by atoms with van der Waals surface area (Å²) in [6.45, 7) is 8.66. The zero-order valence-electron chi connectivity index (χ0n) is 20.5.